The zero-order valence-corrected chi connectivity index (χ0v) is 19.6. The van der Waals surface area contributed by atoms with Crippen molar-refractivity contribution < 1.29 is 13.9 Å². The topological polar surface area (TPSA) is 91.5 Å². The third-order valence-electron chi connectivity index (χ3n) is 6.90. The lowest BCUT2D eigenvalue weighted by Gasteiger charge is -2.51. The molecule has 4 heterocycles. The van der Waals surface area contributed by atoms with Crippen LogP contribution in [0.4, 0.5) is 10.2 Å². The molecule has 1 saturated heterocycles. The normalized spacial score (nSPS) is 23.6. The molecule has 0 amide bonds. The smallest absolute Gasteiger partial charge is 0.336 e. The molecule has 0 spiro atoms. The van der Waals surface area contributed by atoms with E-state index in [1.807, 2.05) is 26.8 Å². The predicted octanol–water partition coefficient (Wildman–Crippen LogP) is 3.88. The fourth-order valence-electron chi connectivity index (χ4n) is 5.58. The molecular formula is C25H29FN4O3. The van der Waals surface area contributed by atoms with Crippen LogP contribution in [0.2, 0.25) is 0 Å². The summed E-state index contributed by atoms with van der Waals surface area (Å²) in [5.74, 6) is 0.674. The fraction of sp³-hybridized carbons (Fsp3) is 0.480. The van der Waals surface area contributed by atoms with Gasteiger partial charge in [-0.3, -0.25) is 0 Å². The molecule has 0 radical (unpaired) electrons. The molecule has 3 aromatic rings. The fourth-order valence-corrected chi connectivity index (χ4v) is 5.58. The number of hydrogen-bond donors (Lipinski definition) is 2. The molecule has 2 aliphatic heterocycles. The summed E-state index contributed by atoms with van der Waals surface area (Å²) in [6.45, 7) is 10.5. The molecule has 8 heteroatoms. The number of fused-ring (bicyclic) bond motifs is 2. The van der Waals surface area contributed by atoms with Gasteiger partial charge in [0.15, 0.2) is 5.82 Å². The van der Waals surface area contributed by atoms with E-state index in [0.717, 1.165) is 22.9 Å². The molecule has 1 aromatic carbocycles. The van der Waals surface area contributed by atoms with E-state index in [4.69, 9.17) is 4.42 Å². The first-order valence-corrected chi connectivity index (χ1v) is 11.3. The van der Waals surface area contributed by atoms with Crippen molar-refractivity contribution in [2.24, 2.45) is 0 Å². The van der Waals surface area contributed by atoms with Gasteiger partial charge < -0.3 is 19.7 Å². The molecule has 1 fully saturated rings. The Morgan fingerprint density at radius 2 is 1.94 bits per heavy atom. The van der Waals surface area contributed by atoms with E-state index < -0.39 is 17.3 Å². The maximum Gasteiger partial charge on any atom is 0.336 e. The second-order valence-electron chi connectivity index (χ2n) is 10.5. The van der Waals surface area contributed by atoms with Gasteiger partial charge in [-0.1, -0.05) is 0 Å². The molecular weight excluding hydrogens is 423 g/mol. The van der Waals surface area contributed by atoms with Crippen molar-refractivity contribution in [2.75, 3.05) is 11.4 Å². The van der Waals surface area contributed by atoms with Crippen molar-refractivity contribution in [1.29, 1.82) is 0 Å². The predicted molar refractivity (Wildman–Crippen MR) is 126 cm³/mol. The standard InChI is InChI=1S/C25H29FN4O3/c1-13-8-21(32)33-20-11-19(31)16(10-15(13)20)17-9-14-6-7-30(23(14)28-27-17)18-12-24(2,3)29-25(4,5)22(18)26/h8-11,18,22,29,31H,6-7,12H2,1-5H3/t18?,22-/m0/s1. The Labute approximate surface area is 191 Å². The van der Waals surface area contributed by atoms with E-state index in [1.54, 1.807) is 6.07 Å². The van der Waals surface area contributed by atoms with Crippen LogP contribution in [0.15, 0.2) is 33.5 Å². The molecule has 0 bridgehead atoms. The second kappa shape index (κ2) is 7.25. The Balaban J connectivity index is 1.52. The van der Waals surface area contributed by atoms with Crippen LogP contribution in [0, 0.1) is 6.92 Å². The maximum atomic E-state index is 15.5. The molecule has 0 aliphatic carbocycles. The summed E-state index contributed by atoms with van der Waals surface area (Å²) >= 11 is 0. The number of alkyl halides is 1. The first-order chi connectivity index (χ1) is 15.4. The van der Waals surface area contributed by atoms with Crippen LogP contribution >= 0.6 is 0 Å². The summed E-state index contributed by atoms with van der Waals surface area (Å²) in [4.78, 5) is 13.7. The number of phenolic OH excluding ortho intramolecular Hbond substituents is 1. The van der Waals surface area contributed by atoms with Gasteiger partial charge in [0.1, 0.15) is 17.5 Å². The van der Waals surface area contributed by atoms with Crippen molar-refractivity contribution in [3.8, 4) is 17.0 Å². The summed E-state index contributed by atoms with van der Waals surface area (Å²) in [7, 11) is 0. The van der Waals surface area contributed by atoms with Crippen LogP contribution in [0.1, 0.15) is 45.2 Å². The number of aryl methyl sites for hydroxylation is 1. The second-order valence-corrected chi connectivity index (χ2v) is 10.5. The zero-order chi connectivity index (χ0) is 23.7. The summed E-state index contributed by atoms with van der Waals surface area (Å²) in [5.41, 5.74) is 1.81. The van der Waals surface area contributed by atoms with Gasteiger partial charge in [-0.05, 0) is 65.2 Å². The molecule has 2 N–H and O–H groups in total. The lowest BCUT2D eigenvalue weighted by molar-refractivity contribution is 0.0555. The molecule has 174 valence electrons. The molecule has 5 rings (SSSR count). The minimum absolute atomic E-state index is 0.0361. The zero-order valence-electron chi connectivity index (χ0n) is 19.6. The highest BCUT2D eigenvalue weighted by molar-refractivity contribution is 5.88. The average molecular weight is 453 g/mol. The molecule has 0 saturated carbocycles. The van der Waals surface area contributed by atoms with Gasteiger partial charge >= 0.3 is 5.63 Å². The number of rotatable bonds is 2. The van der Waals surface area contributed by atoms with Crippen LogP contribution in [0.25, 0.3) is 22.2 Å². The van der Waals surface area contributed by atoms with Crippen molar-refractivity contribution in [3.05, 3.63) is 45.8 Å². The molecule has 2 aliphatic rings. The first kappa shape index (κ1) is 21.8. The molecule has 33 heavy (non-hydrogen) atoms. The number of aromatic hydroxyl groups is 1. The van der Waals surface area contributed by atoms with E-state index >= 15 is 4.39 Å². The number of piperidine rings is 1. The number of nitrogens with one attached hydrogen (secondary N) is 1. The van der Waals surface area contributed by atoms with Gasteiger partial charge in [0.05, 0.1) is 11.7 Å². The van der Waals surface area contributed by atoms with E-state index in [1.165, 1.54) is 12.1 Å². The van der Waals surface area contributed by atoms with Crippen LogP contribution in [0.3, 0.4) is 0 Å². The number of aromatic nitrogens is 2. The van der Waals surface area contributed by atoms with E-state index in [0.29, 0.717) is 35.6 Å². The van der Waals surface area contributed by atoms with Crippen LogP contribution in [-0.4, -0.2) is 45.1 Å². The maximum absolute atomic E-state index is 15.5. The number of anilines is 1. The summed E-state index contributed by atoms with van der Waals surface area (Å²) in [6.07, 6.45) is 0.341. The van der Waals surface area contributed by atoms with Gasteiger partial charge in [-0.25, -0.2) is 9.18 Å². The Kier molecular flexibility index (Phi) is 4.79. The highest BCUT2D eigenvalue weighted by atomic mass is 19.1. The number of nitrogens with zero attached hydrogens (tertiary/aromatic N) is 3. The van der Waals surface area contributed by atoms with Crippen LogP contribution in [-0.2, 0) is 6.42 Å². The van der Waals surface area contributed by atoms with Gasteiger partial charge in [0.2, 0.25) is 0 Å². The average Bonchev–Trinajstić information content (AvgIpc) is 3.12. The Morgan fingerprint density at radius 1 is 1.18 bits per heavy atom. The lowest BCUT2D eigenvalue weighted by Crippen LogP contribution is -2.69. The minimum atomic E-state index is -1.06. The largest absolute Gasteiger partial charge is 0.507 e. The van der Waals surface area contributed by atoms with Gasteiger partial charge in [0, 0.05) is 46.3 Å². The number of halogens is 1. The van der Waals surface area contributed by atoms with E-state index in [2.05, 4.69) is 34.3 Å². The lowest BCUT2D eigenvalue weighted by atomic mass is 9.77. The number of benzene rings is 1. The van der Waals surface area contributed by atoms with Crippen molar-refractivity contribution >= 4 is 16.8 Å². The third kappa shape index (κ3) is 3.66. The highest BCUT2D eigenvalue weighted by Crippen LogP contribution is 2.40. The summed E-state index contributed by atoms with van der Waals surface area (Å²) in [6, 6.07) is 6.25. The highest BCUT2D eigenvalue weighted by Gasteiger charge is 2.49. The SMILES string of the molecule is Cc1cc(=O)oc2cc(O)c(-c3cc4c(nn3)N(C3CC(C)(C)NC(C)(C)[C@H]3F)CC4)cc12. The summed E-state index contributed by atoms with van der Waals surface area (Å²) in [5, 5.41) is 23.6. The van der Waals surface area contributed by atoms with E-state index in [-0.39, 0.29) is 17.3 Å². The summed E-state index contributed by atoms with van der Waals surface area (Å²) < 4.78 is 20.7. The minimum Gasteiger partial charge on any atom is -0.507 e. The van der Waals surface area contributed by atoms with Crippen molar-refractivity contribution in [1.82, 2.24) is 15.5 Å². The number of hydrogen-bond acceptors (Lipinski definition) is 7. The third-order valence-corrected chi connectivity index (χ3v) is 6.90. The van der Waals surface area contributed by atoms with Crippen molar-refractivity contribution in [3.63, 3.8) is 0 Å². The molecule has 2 atom stereocenters. The van der Waals surface area contributed by atoms with E-state index in [9.17, 15) is 9.90 Å². The van der Waals surface area contributed by atoms with Crippen LogP contribution in [0.5, 0.6) is 5.75 Å². The number of phenols is 1. The molecule has 1 unspecified atom stereocenters. The van der Waals surface area contributed by atoms with Crippen LogP contribution < -0.4 is 15.8 Å². The Bertz CT molecular complexity index is 1320. The van der Waals surface area contributed by atoms with Gasteiger partial charge in [0.25, 0.3) is 0 Å². The molecule has 2 aromatic heterocycles. The first-order valence-electron chi connectivity index (χ1n) is 11.3. The van der Waals surface area contributed by atoms with Gasteiger partial charge in [-0.15, -0.1) is 10.2 Å². The monoisotopic (exact) mass is 452 g/mol. The molecule has 7 nitrogen and oxygen atoms in total. The Hall–Kier alpha value is -3.00. The van der Waals surface area contributed by atoms with Gasteiger partial charge in [-0.2, -0.15) is 0 Å². The van der Waals surface area contributed by atoms with Crippen molar-refractivity contribution in [2.45, 2.75) is 70.8 Å². The Morgan fingerprint density at radius 3 is 2.70 bits per heavy atom. The quantitative estimate of drug-likeness (QED) is 0.570.